The lowest BCUT2D eigenvalue weighted by molar-refractivity contribution is 0.501. The van der Waals surface area contributed by atoms with E-state index in [1.165, 1.54) is 0 Å². The molecule has 0 radical (unpaired) electrons. The summed E-state index contributed by atoms with van der Waals surface area (Å²) in [5, 5.41) is 8.76. The van der Waals surface area contributed by atoms with Crippen molar-refractivity contribution in [3.63, 3.8) is 0 Å². The molecule has 0 spiro atoms. The first-order chi connectivity index (χ1) is 5.77. The molecule has 1 atom stereocenters. The van der Waals surface area contributed by atoms with Crippen LogP contribution in [0.5, 0.6) is 0 Å². The van der Waals surface area contributed by atoms with E-state index in [1.54, 1.807) is 18.1 Å². The minimum atomic E-state index is 0.526. The number of nitrogens with zero attached hydrogens (tertiary/aromatic N) is 3. The first-order valence-corrected chi connectivity index (χ1v) is 5.05. The van der Waals surface area contributed by atoms with Crippen LogP contribution in [0.3, 0.4) is 0 Å². The van der Waals surface area contributed by atoms with Crippen molar-refractivity contribution in [2.24, 2.45) is 5.92 Å². The molecule has 66 valence electrons. The number of rotatable bonds is 1. The molecule has 0 amide bonds. The van der Waals surface area contributed by atoms with E-state index in [2.05, 4.69) is 29.5 Å². The Morgan fingerprint density at radius 2 is 2.58 bits per heavy atom. The molecule has 4 nitrogen and oxygen atoms in total. The Kier molecular flexibility index (Phi) is 1.96. The summed E-state index contributed by atoms with van der Waals surface area (Å²) >= 11 is 1.76. The number of fused-ring (bicyclic) bond motifs is 1. The summed E-state index contributed by atoms with van der Waals surface area (Å²) in [6.07, 6.45) is 1.72. The van der Waals surface area contributed by atoms with Gasteiger partial charge in [0.2, 0.25) is 5.16 Å². The number of aromatic nitrogens is 3. The third-order valence-corrected chi connectivity index (χ3v) is 3.08. The van der Waals surface area contributed by atoms with Crippen molar-refractivity contribution in [1.29, 1.82) is 0 Å². The quantitative estimate of drug-likeness (QED) is 0.705. The average molecular weight is 184 g/mol. The van der Waals surface area contributed by atoms with E-state index in [4.69, 9.17) is 0 Å². The van der Waals surface area contributed by atoms with E-state index < -0.39 is 0 Å². The predicted octanol–water partition coefficient (Wildman–Crippen LogP) is 0.952. The Balaban J connectivity index is 2.15. The van der Waals surface area contributed by atoms with Crippen LogP contribution in [0.25, 0.3) is 0 Å². The zero-order valence-electron chi connectivity index (χ0n) is 7.19. The van der Waals surface area contributed by atoms with Crippen molar-refractivity contribution in [3.05, 3.63) is 6.33 Å². The second kappa shape index (κ2) is 2.97. The summed E-state index contributed by atoms with van der Waals surface area (Å²) in [7, 11) is 0. The van der Waals surface area contributed by atoms with Crippen LogP contribution in [0.1, 0.15) is 13.8 Å². The van der Waals surface area contributed by atoms with Gasteiger partial charge in [-0.05, 0) is 5.92 Å². The minimum absolute atomic E-state index is 0.526. The maximum atomic E-state index is 3.96. The molecule has 0 aliphatic carbocycles. The molecule has 1 aliphatic rings. The molecule has 12 heavy (non-hydrogen) atoms. The van der Waals surface area contributed by atoms with Crippen LogP contribution in [0.15, 0.2) is 11.5 Å². The Morgan fingerprint density at radius 3 is 3.33 bits per heavy atom. The molecule has 0 saturated heterocycles. The summed E-state index contributed by atoms with van der Waals surface area (Å²) in [6.45, 7) is 4.43. The highest BCUT2D eigenvalue weighted by Crippen LogP contribution is 2.22. The fraction of sp³-hybridized carbons (Fsp3) is 0.714. The lowest BCUT2D eigenvalue weighted by Gasteiger charge is -2.27. The normalized spacial score (nSPS) is 22.1. The van der Waals surface area contributed by atoms with Gasteiger partial charge in [0.15, 0.2) is 0 Å². The first kappa shape index (κ1) is 7.91. The summed E-state index contributed by atoms with van der Waals surface area (Å²) in [5.74, 6) is 1.73. The molecule has 1 aromatic heterocycles. The van der Waals surface area contributed by atoms with Crippen LogP contribution in [-0.4, -0.2) is 26.7 Å². The van der Waals surface area contributed by atoms with Gasteiger partial charge in [0.05, 0.1) is 6.04 Å². The number of nitrogens with one attached hydrogen (secondary N) is 1. The number of hydrogen-bond acceptors (Lipinski definition) is 4. The SMILES string of the molecule is CC(C)C1CSc2nncn2N1. The van der Waals surface area contributed by atoms with E-state index in [-0.39, 0.29) is 0 Å². The first-order valence-electron chi connectivity index (χ1n) is 4.06. The van der Waals surface area contributed by atoms with Gasteiger partial charge in [-0.25, -0.2) is 4.68 Å². The van der Waals surface area contributed by atoms with E-state index in [0.717, 1.165) is 10.9 Å². The summed E-state index contributed by atoms with van der Waals surface area (Å²) in [4.78, 5) is 0. The fourth-order valence-electron chi connectivity index (χ4n) is 1.13. The highest BCUT2D eigenvalue weighted by molar-refractivity contribution is 7.99. The molecule has 1 unspecified atom stereocenters. The fourth-order valence-corrected chi connectivity index (χ4v) is 2.27. The Labute approximate surface area is 75.7 Å². The van der Waals surface area contributed by atoms with Gasteiger partial charge >= 0.3 is 0 Å². The molecule has 0 fully saturated rings. The Hall–Kier alpha value is -0.710. The third kappa shape index (κ3) is 1.29. The van der Waals surface area contributed by atoms with Gasteiger partial charge in [-0.1, -0.05) is 25.6 Å². The summed E-state index contributed by atoms with van der Waals surface area (Å²) in [5.41, 5.74) is 3.35. The van der Waals surface area contributed by atoms with Crippen LogP contribution < -0.4 is 5.43 Å². The van der Waals surface area contributed by atoms with E-state index in [0.29, 0.717) is 12.0 Å². The van der Waals surface area contributed by atoms with Gasteiger partial charge in [-0.3, -0.25) is 0 Å². The molecule has 0 aromatic carbocycles. The predicted molar refractivity (Wildman–Crippen MR) is 48.7 cm³/mol. The van der Waals surface area contributed by atoms with E-state index in [9.17, 15) is 0 Å². The molecule has 0 bridgehead atoms. The van der Waals surface area contributed by atoms with Crippen molar-refractivity contribution >= 4 is 11.8 Å². The molecule has 2 heterocycles. The Morgan fingerprint density at radius 1 is 1.75 bits per heavy atom. The molecule has 2 rings (SSSR count). The summed E-state index contributed by atoms with van der Waals surface area (Å²) < 4.78 is 1.90. The van der Waals surface area contributed by atoms with Gasteiger partial charge < -0.3 is 5.43 Å². The maximum absolute atomic E-state index is 3.96. The topological polar surface area (TPSA) is 42.7 Å². The van der Waals surface area contributed by atoms with Crippen molar-refractivity contribution in [1.82, 2.24) is 14.9 Å². The molecule has 1 N–H and O–H groups in total. The molecule has 1 aliphatic heterocycles. The molecule has 0 saturated carbocycles. The van der Waals surface area contributed by atoms with Gasteiger partial charge in [0, 0.05) is 5.75 Å². The zero-order chi connectivity index (χ0) is 8.55. The average Bonchev–Trinajstić information content (AvgIpc) is 2.49. The zero-order valence-corrected chi connectivity index (χ0v) is 8.01. The lowest BCUT2D eigenvalue weighted by Crippen LogP contribution is -2.37. The van der Waals surface area contributed by atoms with Crippen molar-refractivity contribution in [2.75, 3.05) is 11.2 Å². The smallest absolute Gasteiger partial charge is 0.209 e. The molecule has 1 aromatic rings. The van der Waals surface area contributed by atoms with E-state index in [1.807, 2.05) is 4.68 Å². The van der Waals surface area contributed by atoms with Crippen molar-refractivity contribution in [2.45, 2.75) is 25.0 Å². The van der Waals surface area contributed by atoms with Crippen LogP contribution >= 0.6 is 11.8 Å². The standard InChI is InChI=1S/C7H12N4S/c1-5(2)6-3-12-7-9-8-4-11(7)10-6/h4-6,10H,3H2,1-2H3. The third-order valence-electron chi connectivity index (χ3n) is 2.02. The monoisotopic (exact) mass is 184 g/mol. The van der Waals surface area contributed by atoms with Gasteiger partial charge in [0.1, 0.15) is 6.33 Å². The number of thioether (sulfide) groups is 1. The number of hydrogen-bond donors (Lipinski definition) is 1. The summed E-state index contributed by atoms with van der Waals surface area (Å²) in [6, 6.07) is 0.526. The molecular weight excluding hydrogens is 172 g/mol. The molecule has 5 heteroatoms. The highest BCUT2D eigenvalue weighted by atomic mass is 32.2. The van der Waals surface area contributed by atoms with Gasteiger partial charge in [-0.15, -0.1) is 10.2 Å². The van der Waals surface area contributed by atoms with Crippen LogP contribution in [-0.2, 0) is 0 Å². The second-order valence-corrected chi connectivity index (χ2v) is 4.26. The maximum Gasteiger partial charge on any atom is 0.209 e. The van der Waals surface area contributed by atoms with Crippen molar-refractivity contribution < 1.29 is 0 Å². The Bertz CT molecular complexity index is 270. The van der Waals surface area contributed by atoms with Crippen LogP contribution in [0, 0.1) is 5.92 Å². The molecular formula is C7H12N4S. The lowest BCUT2D eigenvalue weighted by atomic mass is 10.1. The highest BCUT2D eigenvalue weighted by Gasteiger charge is 2.21. The largest absolute Gasteiger partial charge is 0.318 e. The van der Waals surface area contributed by atoms with Crippen molar-refractivity contribution in [3.8, 4) is 0 Å². The second-order valence-electron chi connectivity index (χ2n) is 3.27. The van der Waals surface area contributed by atoms with Gasteiger partial charge in [0.25, 0.3) is 0 Å². The van der Waals surface area contributed by atoms with Crippen LogP contribution in [0.2, 0.25) is 0 Å². The minimum Gasteiger partial charge on any atom is -0.318 e. The van der Waals surface area contributed by atoms with Crippen LogP contribution in [0.4, 0.5) is 0 Å². The van der Waals surface area contributed by atoms with E-state index >= 15 is 0 Å². The van der Waals surface area contributed by atoms with Gasteiger partial charge in [-0.2, -0.15) is 0 Å².